The number of hydrogen-bond donors (Lipinski definition) is 4. The third-order valence-electron chi connectivity index (χ3n) is 10.4. The van der Waals surface area contributed by atoms with E-state index in [2.05, 4.69) is 58.7 Å². The number of aromatic nitrogens is 1. The average Bonchev–Trinajstić information content (AvgIpc) is 3.14. The van der Waals surface area contributed by atoms with Crippen LogP contribution in [0.5, 0.6) is 5.75 Å². The highest BCUT2D eigenvalue weighted by Crippen LogP contribution is 2.38. The molecule has 3 aromatic rings. The van der Waals surface area contributed by atoms with Crippen molar-refractivity contribution in [3.63, 3.8) is 0 Å². The summed E-state index contributed by atoms with van der Waals surface area (Å²) in [7, 11) is 1.99. The molecule has 4 N–H and O–H groups in total. The monoisotopic (exact) mass is 709 g/mol. The van der Waals surface area contributed by atoms with Gasteiger partial charge in [-0.2, -0.15) is 0 Å². The first-order valence-electron chi connectivity index (χ1n) is 19.0. The number of hydrogen-bond acceptors (Lipinski definition) is 8. The van der Waals surface area contributed by atoms with Gasteiger partial charge in [0, 0.05) is 37.2 Å². The largest absolute Gasteiger partial charge is 0.484 e. The van der Waals surface area contributed by atoms with Crippen LogP contribution in [0.1, 0.15) is 100 Å². The molecular formula is C42H59N7O3. The van der Waals surface area contributed by atoms with Crippen LogP contribution < -0.4 is 20.7 Å². The minimum atomic E-state index is -0.325. The lowest BCUT2D eigenvalue weighted by Crippen LogP contribution is -2.43. The molecule has 2 aromatic carbocycles. The molecule has 10 heteroatoms. The number of ether oxygens (including phenoxy) is 2. The van der Waals surface area contributed by atoms with E-state index in [1.54, 1.807) is 0 Å². The first kappa shape index (κ1) is 39.1. The second-order valence-electron chi connectivity index (χ2n) is 15.2. The summed E-state index contributed by atoms with van der Waals surface area (Å²) in [4.78, 5) is 25.5. The lowest BCUT2D eigenvalue weighted by molar-refractivity contribution is 0.0336. The fourth-order valence-corrected chi connectivity index (χ4v) is 6.90. The molecule has 3 atom stereocenters. The Kier molecular flexibility index (Phi) is 14.4. The van der Waals surface area contributed by atoms with Crippen molar-refractivity contribution in [2.24, 2.45) is 16.3 Å². The summed E-state index contributed by atoms with van der Waals surface area (Å²) in [5.74, 6) is 1.80. The van der Waals surface area contributed by atoms with Crippen molar-refractivity contribution in [2.75, 3.05) is 39.9 Å². The Morgan fingerprint density at radius 3 is 2.52 bits per heavy atom. The van der Waals surface area contributed by atoms with Crippen molar-refractivity contribution in [2.45, 2.75) is 91.3 Å². The van der Waals surface area contributed by atoms with E-state index in [-0.39, 0.29) is 30.0 Å². The van der Waals surface area contributed by atoms with Crippen LogP contribution in [0, 0.1) is 23.7 Å². The van der Waals surface area contributed by atoms with Crippen molar-refractivity contribution in [3.05, 3.63) is 89.2 Å². The van der Waals surface area contributed by atoms with Crippen LogP contribution in [0.25, 0.3) is 0 Å². The van der Waals surface area contributed by atoms with Gasteiger partial charge in [0.05, 0.1) is 36.8 Å². The average molecular weight is 710 g/mol. The van der Waals surface area contributed by atoms with Gasteiger partial charge in [0.15, 0.2) is 0 Å². The number of amidine groups is 1. The third kappa shape index (κ3) is 11.7. The molecule has 0 saturated carbocycles. The van der Waals surface area contributed by atoms with Crippen molar-refractivity contribution >= 4 is 23.3 Å². The molecule has 2 heterocycles. The normalized spacial score (nSPS) is 18.7. The van der Waals surface area contributed by atoms with Crippen LogP contribution in [0.4, 0.5) is 10.5 Å². The van der Waals surface area contributed by atoms with E-state index in [4.69, 9.17) is 19.9 Å². The van der Waals surface area contributed by atoms with Crippen molar-refractivity contribution < 1.29 is 14.3 Å². The summed E-state index contributed by atoms with van der Waals surface area (Å²) in [6, 6.07) is 19.6. The summed E-state index contributed by atoms with van der Waals surface area (Å²) in [5, 5.41) is 18.6. The zero-order valence-electron chi connectivity index (χ0n) is 31.8. The zero-order chi connectivity index (χ0) is 36.9. The standard InChI is InChI=1S/C42H59N7O3/c1-30(9-8-22-44-5)20-21-42(3,4)39(43)27-40(46-32-14-12-31(2)13-15-32)48-41(50)47-37-18-19-38(36-11-7-6-10-35(36)37)52-34-17-16-33(45-28-34)29-49-23-25-51-26-24-49/h6-7,10-17,28,30,37-38,43-44H,8-9,18-27,29H2,1-5H3,(H2,46,47,48,50). The van der Waals surface area contributed by atoms with Gasteiger partial charge in [0.25, 0.3) is 0 Å². The number of amides is 2. The lowest BCUT2D eigenvalue weighted by atomic mass is 9.79. The topological polar surface area (TPSA) is 124 Å². The maximum Gasteiger partial charge on any atom is 0.320 e. The zero-order valence-corrected chi connectivity index (χ0v) is 31.8. The third-order valence-corrected chi connectivity index (χ3v) is 10.4. The number of urea groups is 1. The smallest absolute Gasteiger partial charge is 0.320 e. The molecule has 280 valence electrons. The van der Waals surface area contributed by atoms with Gasteiger partial charge in [-0.15, -0.1) is 0 Å². The number of carbonyl (C=O) groups is 1. The van der Waals surface area contributed by atoms with Gasteiger partial charge in [-0.1, -0.05) is 62.7 Å². The predicted molar refractivity (Wildman–Crippen MR) is 210 cm³/mol. The summed E-state index contributed by atoms with van der Waals surface area (Å²) in [6.45, 7) is 13.8. The molecule has 3 unspecified atom stereocenters. The molecule has 52 heavy (non-hydrogen) atoms. The summed E-state index contributed by atoms with van der Waals surface area (Å²) >= 11 is 0. The quantitative estimate of drug-likeness (QED) is 0.0678. The van der Waals surface area contributed by atoms with Crippen LogP contribution in [0.3, 0.4) is 0 Å². The number of fused-ring (bicyclic) bond motifs is 1. The van der Waals surface area contributed by atoms with Crippen LogP contribution in [-0.4, -0.2) is 67.4 Å². The highest BCUT2D eigenvalue weighted by molar-refractivity contribution is 6.10. The first-order chi connectivity index (χ1) is 25.1. The van der Waals surface area contributed by atoms with E-state index >= 15 is 0 Å². The van der Waals surface area contributed by atoms with Crippen molar-refractivity contribution in [3.8, 4) is 5.75 Å². The van der Waals surface area contributed by atoms with E-state index in [1.165, 1.54) is 6.42 Å². The first-order valence-corrected chi connectivity index (χ1v) is 19.0. The summed E-state index contributed by atoms with van der Waals surface area (Å²) in [5.41, 5.74) is 5.25. The summed E-state index contributed by atoms with van der Waals surface area (Å²) < 4.78 is 12.0. The number of morpholine rings is 1. The Morgan fingerprint density at radius 2 is 1.81 bits per heavy atom. The molecule has 0 radical (unpaired) electrons. The molecule has 2 aliphatic rings. The number of rotatable bonds is 16. The highest BCUT2D eigenvalue weighted by Gasteiger charge is 2.30. The second-order valence-corrected chi connectivity index (χ2v) is 15.2. The maximum atomic E-state index is 13.7. The Hall–Kier alpha value is -4.12. The molecular weight excluding hydrogens is 651 g/mol. The van der Waals surface area contributed by atoms with E-state index in [9.17, 15) is 4.79 Å². The molecule has 10 nitrogen and oxygen atoms in total. The van der Waals surface area contributed by atoms with E-state index in [0.717, 1.165) is 105 Å². The molecule has 5 rings (SSSR count). The molecule has 1 aromatic heterocycles. The Bertz CT molecular complexity index is 1620. The molecule has 1 fully saturated rings. The van der Waals surface area contributed by atoms with Crippen LogP contribution >= 0.6 is 0 Å². The number of nitrogens with zero attached hydrogens (tertiary/aromatic N) is 3. The minimum absolute atomic E-state index is 0.142. The molecule has 1 aliphatic carbocycles. The molecule has 1 aliphatic heterocycles. The Labute approximate surface area is 310 Å². The van der Waals surface area contributed by atoms with Crippen LogP contribution in [-0.2, 0) is 11.3 Å². The number of aliphatic imine (C=N–C) groups is 1. The molecule has 0 spiro atoms. The van der Waals surface area contributed by atoms with Gasteiger partial charge < -0.3 is 25.5 Å². The SMILES string of the molecule is CNCCCC(C)CCC(C)(C)C(=N)CC(=Nc1ccc(C)cc1)NC(=O)NC1CCC(Oc2ccc(CN3CCOCC3)nc2)c2ccccc21. The van der Waals surface area contributed by atoms with Gasteiger partial charge in [0.2, 0.25) is 0 Å². The maximum absolute atomic E-state index is 13.7. The van der Waals surface area contributed by atoms with E-state index < -0.39 is 0 Å². The van der Waals surface area contributed by atoms with Crippen LogP contribution in [0.2, 0.25) is 0 Å². The van der Waals surface area contributed by atoms with Gasteiger partial charge in [0.1, 0.15) is 17.7 Å². The Balaban J connectivity index is 1.22. The fraction of sp³-hybridized carbons (Fsp3) is 0.524. The van der Waals surface area contributed by atoms with Gasteiger partial charge in [-0.3, -0.25) is 15.2 Å². The van der Waals surface area contributed by atoms with E-state index in [1.807, 2.05) is 68.7 Å². The van der Waals surface area contributed by atoms with Crippen LogP contribution in [0.15, 0.2) is 71.9 Å². The second kappa shape index (κ2) is 19.1. The number of aryl methyl sites for hydroxylation is 1. The minimum Gasteiger partial charge on any atom is -0.484 e. The number of pyridine rings is 1. The fourth-order valence-electron chi connectivity index (χ4n) is 6.90. The highest BCUT2D eigenvalue weighted by atomic mass is 16.5. The number of carbonyl (C=O) groups excluding carboxylic acids is 1. The number of nitrogens with one attached hydrogen (secondary N) is 4. The molecule has 0 bridgehead atoms. The van der Waals surface area contributed by atoms with Gasteiger partial charge >= 0.3 is 6.03 Å². The molecule has 2 amide bonds. The van der Waals surface area contributed by atoms with Crippen molar-refractivity contribution in [1.29, 1.82) is 5.41 Å². The lowest BCUT2D eigenvalue weighted by Gasteiger charge is -2.32. The van der Waals surface area contributed by atoms with E-state index in [0.29, 0.717) is 17.5 Å². The number of benzene rings is 2. The predicted octanol–water partition coefficient (Wildman–Crippen LogP) is 8.06. The van der Waals surface area contributed by atoms with Gasteiger partial charge in [-0.05, 0) is 100 Å². The van der Waals surface area contributed by atoms with Crippen molar-refractivity contribution in [1.82, 2.24) is 25.8 Å². The molecule has 1 saturated heterocycles. The summed E-state index contributed by atoms with van der Waals surface area (Å²) in [6.07, 6.45) is 7.69. The van der Waals surface area contributed by atoms with Gasteiger partial charge in [-0.25, -0.2) is 9.79 Å². The Morgan fingerprint density at radius 1 is 1.06 bits per heavy atom.